The van der Waals surface area contributed by atoms with E-state index in [0.29, 0.717) is 19.4 Å². The Morgan fingerprint density at radius 1 is 1.28 bits per heavy atom. The second-order valence-electron chi connectivity index (χ2n) is 10.5. The molecule has 2 aliphatic rings. The number of rotatable bonds is 10. The number of fused-ring (bicyclic) bond motifs is 1. The van der Waals surface area contributed by atoms with Gasteiger partial charge in [0, 0.05) is 13.1 Å². The fraction of sp³-hybridized carbons (Fsp3) is 0.739. The molecule has 0 aromatic carbocycles. The molecule has 2 rings (SSSR count). The van der Waals surface area contributed by atoms with Crippen molar-refractivity contribution in [2.45, 2.75) is 72.5 Å². The minimum atomic E-state index is -0.952. The zero-order valence-electron chi connectivity index (χ0n) is 19.9. The summed E-state index contributed by atoms with van der Waals surface area (Å²) in [7, 11) is 0. The topological polar surface area (TPSA) is 110 Å². The van der Waals surface area contributed by atoms with Crippen LogP contribution in [-0.2, 0) is 19.2 Å². The standard InChI is InChI=1S/C23H36ClN4O4/c1-8-10-14(17(29)20(31)25-11-9-2)26-19(30)16-15-13(23(15,6)7)12-28(16)21(32)18(27-24)22(3,4)5/h9,13-16,18H,2,8,10-12H2,1,3-7H3,(H,25,31)(H,26,30)/q-1/t13-,14?,15-,16-,18+/m0/s1. The molecule has 180 valence electrons. The molecule has 0 spiro atoms. The molecule has 1 saturated heterocycles. The van der Waals surface area contributed by atoms with Gasteiger partial charge in [-0.15, -0.1) is 6.58 Å². The first-order chi connectivity index (χ1) is 14.8. The van der Waals surface area contributed by atoms with Gasteiger partial charge >= 0.3 is 0 Å². The van der Waals surface area contributed by atoms with E-state index in [0.717, 1.165) is 0 Å². The molecule has 1 unspecified atom stereocenters. The van der Waals surface area contributed by atoms with E-state index >= 15 is 0 Å². The third kappa shape index (κ3) is 5.17. The first-order valence-corrected chi connectivity index (χ1v) is 11.5. The van der Waals surface area contributed by atoms with Crippen molar-refractivity contribution in [1.29, 1.82) is 0 Å². The minimum Gasteiger partial charge on any atom is -0.564 e. The molecule has 0 aromatic heterocycles. The second kappa shape index (κ2) is 9.91. The van der Waals surface area contributed by atoms with E-state index in [4.69, 9.17) is 11.8 Å². The van der Waals surface area contributed by atoms with Gasteiger partial charge in [-0.1, -0.05) is 54.0 Å². The summed E-state index contributed by atoms with van der Waals surface area (Å²) in [5, 5.41) is 5.22. The van der Waals surface area contributed by atoms with Gasteiger partial charge in [-0.2, -0.15) is 0 Å². The van der Waals surface area contributed by atoms with E-state index in [2.05, 4.69) is 35.9 Å². The monoisotopic (exact) mass is 467 g/mol. The van der Waals surface area contributed by atoms with Crippen molar-refractivity contribution < 1.29 is 19.2 Å². The van der Waals surface area contributed by atoms with Crippen LogP contribution in [0.15, 0.2) is 12.7 Å². The van der Waals surface area contributed by atoms with E-state index in [-0.39, 0.29) is 29.7 Å². The summed E-state index contributed by atoms with van der Waals surface area (Å²) < 4.78 is 0. The SMILES string of the molecule is C=CCNC(=O)C(=O)C(CCC)NC(=O)[C@@H]1[C@@H]2[C@H](CN1C(=O)[C@@H]([N-]Cl)C(C)(C)C)C2(C)C. The lowest BCUT2D eigenvalue weighted by Crippen LogP contribution is -2.57. The average molecular weight is 468 g/mol. The van der Waals surface area contributed by atoms with Crippen LogP contribution in [0.1, 0.15) is 54.4 Å². The zero-order chi connectivity index (χ0) is 24.4. The molecule has 1 heterocycles. The first kappa shape index (κ1) is 26.3. The van der Waals surface area contributed by atoms with Gasteiger partial charge in [0.25, 0.3) is 5.91 Å². The molecule has 0 bridgehead atoms. The molecule has 2 N–H and O–H groups in total. The number of piperidine rings is 1. The van der Waals surface area contributed by atoms with Gasteiger partial charge in [0.2, 0.25) is 17.6 Å². The van der Waals surface area contributed by atoms with Crippen LogP contribution in [0.25, 0.3) is 4.84 Å². The van der Waals surface area contributed by atoms with Crippen molar-refractivity contribution >= 4 is 35.3 Å². The lowest BCUT2D eigenvalue weighted by atomic mass is 9.86. The number of likely N-dealkylation sites (tertiary alicyclic amines) is 1. The summed E-state index contributed by atoms with van der Waals surface area (Å²) in [4.78, 5) is 56.8. The number of ketones is 1. The molecule has 32 heavy (non-hydrogen) atoms. The van der Waals surface area contributed by atoms with Crippen LogP contribution in [0, 0.1) is 22.7 Å². The Balaban J connectivity index is 2.24. The fourth-order valence-electron chi connectivity index (χ4n) is 4.75. The fourth-order valence-corrected chi connectivity index (χ4v) is 5.13. The predicted molar refractivity (Wildman–Crippen MR) is 124 cm³/mol. The molecule has 1 saturated carbocycles. The maximum Gasteiger partial charge on any atom is 0.289 e. The average Bonchev–Trinajstić information content (AvgIpc) is 3.04. The highest BCUT2D eigenvalue weighted by Crippen LogP contribution is 2.65. The summed E-state index contributed by atoms with van der Waals surface area (Å²) in [5.74, 6) is -2.00. The van der Waals surface area contributed by atoms with Gasteiger partial charge in [0.1, 0.15) is 6.04 Å². The lowest BCUT2D eigenvalue weighted by molar-refractivity contribution is -0.144. The number of hydrogen-bond donors (Lipinski definition) is 2. The van der Waals surface area contributed by atoms with E-state index in [1.807, 2.05) is 27.7 Å². The van der Waals surface area contributed by atoms with Crippen LogP contribution >= 0.6 is 11.8 Å². The van der Waals surface area contributed by atoms with Crippen LogP contribution in [0.4, 0.5) is 0 Å². The van der Waals surface area contributed by atoms with Gasteiger partial charge in [-0.25, -0.2) is 0 Å². The van der Waals surface area contributed by atoms with Crippen molar-refractivity contribution in [2.24, 2.45) is 22.7 Å². The summed E-state index contributed by atoms with van der Waals surface area (Å²) in [5.41, 5.74) is -0.591. The largest absolute Gasteiger partial charge is 0.564 e. The molecule has 3 amide bonds. The van der Waals surface area contributed by atoms with Crippen LogP contribution in [-0.4, -0.2) is 59.6 Å². The maximum atomic E-state index is 13.4. The number of carbonyl (C=O) groups excluding carboxylic acids is 4. The van der Waals surface area contributed by atoms with Gasteiger partial charge < -0.3 is 20.4 Å². The van der Waals surface area contributed by atoms with E-state index in [1.165, 1.54) is 6.08 Å². The van der Waals surface area contributed by atoms with Crippen molar-refractivity contribution in [2.75, 3.05) is 13.1 Å². The van der Waals surface area contributed by atoms with Gasteiger partial charge in [-0.05, 0) is 35.1 Å². The Labute approximate surface area is 196 Å². The van der Waals surface area contributed by atoms with Crippen molar-refractivity contribution in [3.63, 3.8) is 0 Å². The summed E-state index contributed by atoms with van der Waals surface area (Å²) in [6, 6.07) is -2.47. The normalized spacial score (nSPS) is 25.3. The number of Topliss-reactive ketones (excluding diaryl/α,β-unsaturated/α-hetero) is 1. The molecule has 9 heteroatoms. The third-order valence-electron chi connectivity index (χ3n) is 6.75. The van der Waals surface area contributed by atoms with Crippen LogP contribution in [0.3, 0.4) is 0 Å². The molecule has 0 radical (unpaired) electrons. The number of nitrogens with one attached hydrogen (secondary N) is 2. The Kier molecular flexibility index (Phi) is 8.15. The Bertz CT molecular complexity index is 776. The van der Waals surface area contributed by atoms with Gasteiger partial charge in [-0.3, -0.25) is 31.0 Å². The highest BCUT2D eigenvalue weighted by molar-refractivity contribution is 6.38. The van der Waals surface area contributed by atoms with E-state index < -0.39 is 41.1 Å². The zero-order valence-corrected chi connectivity index (χ0v) is 20.7. The quantitative estimate of drug-likeness (QED) is 0.380. The minimum absolute atomic E-state index is 0.0191. The van der Waals surface area contributed by atoms with Crippen LogP contribution in [0.2, 0.25) is 0 Å². The summed E-state index contributed by atoms with van der Waals surface area (Å²) in [6.45, 7) is 15.8. The van der Waals surface area contributed by atoms with Gasteiger partial charge in [0.15, 0.2) is 0 Å². The third-order valence-corrected chi connectivity index (χ3v) is 6.95. The predicted octanol–water partition coefficient (Wildman–Crippen LogP) is 2.57. The highest BCUT2D eigenvalue weighted by atomic mass is 35.5. The smallest absolute Gasteiger partial charge is 0.289 e. The molecule has 0 aromatic rings. The highest BCUT2D eigenvalue weighted by Gasteiger charge is 2.69. The Morgan fingerprint density at radius 3 is 2.41 bits per heavy atom. The van der Waals surface area contributed by atoms with Crippen molar-refractivity contribution in [3.05, 3.63) is 17.5 Å². The summed E-state index contributed by atoms with van der Waals surface area (Å²) in [6.07, 6.45) is 2.41. The van der Waals surface area contributed by atoms with Gasteiger partial charge in [0.05, 0.1) is 6.04 Å². The Morgan fingerprint density at radius 2 is 1.91 bits per heavy atom. The number of halogens is 1. The molecule has 2 fully saturated rings. The maximum absolute atomic E-state index is 13.4. The molecule has 8 nitrogen and oxygen atoms in total. The molecular weight excluding hydrogens is 432 g/mol. The van der Waals surface area contributed by atoms with E-state index in [1.54, 1.807) is 4.90 Å². The number of nitrogens with zero attached hydrogens (tertiary/aromatic N) is 2. The Hall–Kier alpha value is -1.93. The molecular formula is C23H36ClN4O4-. The lowest BCUT2D eigenvalue weighted by Gasteiger charge is -2.42. The first-order valence-electron chi connectivity index (χ1n) is 11.2. The molecule has 1 aliphatic heterocycles. The summed E-state index contributed by atoms with van der Waals surface area (Å²) >= 11 is 5.78. The second-order valence-corrected chi connectivity index (χ2v) is 10.7. The number of hydrogen-bond acceptors (Lipinski definition) is 4. The number of amides is 3. The van der Waals surface area contributed by atoms with Crippen molar-refractivity contribution in [3.8, 4) is 0 Å². The molecule has 1 aliphatic carbocycles. The van der Waals surface area contributed by atoms with Crippen molar-refractivity contribution in [1.82, 2.24) is 15.5 Å². The van der Waals surface area contributed by atoms with Crippen LogP contribution in [0.5, 0.6) is 0 Å². The van der Waals surface area contributed by atoms with E-state index in [9.17, 15) is 19.2 Å². The number of carbonyl (C=O) groups is 4. The molecule has 5 atom stereocenters. The van der Waals surface area contributed by atoms with Crippen LogP contribution < -0.4 is 10.6 Å².